The van der Waals surface area contributed by atoms with E-state index in [4.69, 9.17) is 9.47 Å². The molecule has 0 saturated carbocycles. The van der Waals surface area contributed by atoms with Gasteiger partial charge in [-0.3, -0.25) is 0 Å². The number of rotatable bonds is 5. The van der Waals surface area contributed by atoms with Gasteiger partial charge in [0.1, 0.15) is 11.6 Å². The highest BCUT2D eigenvalue weighted by atomic mass is 19.1. The SMILES string of the molecule is C=Cc1ccc(-c2ccc(OC)cc2COC)c(F)c1. The number of hydrogen-bond donors (Lipinski definition) is 0. The monoisotopic (exact) mass is 272 g/mol. The van der Waals surface area contributed by atoms with Crippen LogP contribution in [0.25, 0.3) is 17.2 Å². The lowest BCUT2D eigenvalue weighted by atomic mass is 9.98. The van der Waals surface area contributed by atoms with E-state index in [0.29, 0.717) is 12.2 Å². The molecule has 0 spiro atoms. The first-order chi connectivity index (χ1) is 9.69. The van der Waals surface area contributed by atoms with Crippen LogP contribution in [0.4, 0.5) is 4.39 Å². The Morgan fingerprint density at radius 1 is 1.10 bits per heavy atom. The van der Waals surface area contributed by atoms with Gasteiger partial charge in [0, 0.05) is 12.7 Å². The zero-order valence-electron chi connectivity index (χ0n) is 11.7. The van der Waals surface area contributed by atoms with Crippen LogP contribution in [0.3, 0.4) is 0 Å². The fourth-order valence-corrected chi connectivity index (χ4v) is 2.11. The van der Waals surface area contributed by atoms with Crippen LogP contribution in [0, 0.1) is 5.82 Å². The Hall–Kier alpha value is -2.13. The Morgan fingerprint density at radius 2 is 1.85 bits per heavy atom. The van der Waals surface area contributed by atoms with E-state index in [2.05, 4.69) is 6.58 Å². The molecule has 0 fully saturated rings. The third-order valence-electron chi connectivity index (χ3n) is 3.13. The molecule has 0 aromatic heterocycles. The molecule has 0 aliphatic rings. The maximum Gasteiger partial charge on any atom is 0.131 e. The predicted octanol–water partition coefficient (Wildman–Crippen LogP) is 4.29. The van der Waals surface area contributed by atoms with E-state index >= 15 is 0 Å². The van der Waals surface area contributed by atoms with Gasteiger partial charge < -0.3 is 9.47 Å². The second-order valence-corrected chi connectivity index (χ2v) is 4.40. The maximum absolute atomic E-state index is 14.2. The van der Waals surface area contributed by atoms with E-state index in [-0.39, 0.29) is 5.82 Å². The van der Waals surface area contributed by atoms with Crippen molar-refractivity contribution in [3.05, 3.63) is 59.9 Å². The predicted molar refractivity (Wildman–Crippen MR) is 79.2 cm³/mol. The fourth-order valence-electron chi connectivity index (χ4n) is 2.11. The Bertz CT molecular complexity index is 620. The molecule has 0 aliphatic heterocycles. The van der Waals surface area contributed by atoms with Crippen molar-refractivity contribution in [2.24, 2.45) is 0 Å². The minimum absolute atomic E-state index is 0.273. The van der Waals surface area contributed by atoms with Crippen LogP contribution in [-0.2, 0) is 11.3 Å². The van der Waals surface area contributed by atoms with Gasteiger partial charge in [0.2, 0.25) is 0 Å². The number of ether oxygens (including phenoxy) is 2. The van der Waals surface area contributed by atoms with Crippen molar-refractivity contribution in [3.8, 4) is 16.9 Å². The highest BCUT2D eigenvalue weighted by Gasteiger charge is 2.11. The molecule has 20 heavy (non-hydrogen) atoms. The van der Waals surface area contributed by atoms with Crippen molar-refractivity contribution in [1.82, 2.24) is 0 Å². The quantitative estimate of drug-likeness (QED) is 0.808. The molecule has 2 aromatic carbocycles. The van der Waals surface area contributed by atoms with Crippen LogP contribution in [0.5, 0.6) is 5.75 Å². The second-order valence-electron chi connectivity index (χ2n) is 4.40. The third-order valence-corrected chi connectivity index (χ3v) is 3.13. The molecule has 2 aromatic rings. The average Bonchev–Trinajstić information content (AvgIpc) is 2.47. The summed E-state index contributed by atoms with van der Waals surface area (Å²) >= 11 is 0. The summed E-state index contributed by atoms with van der Waals surface area (Å²) in [6, 6.07) is 10.6. The summed E-state index contributed by atoms with van der Waals surface area (Å²) in [5.41, 5.74) is 3.00. The molecule has 0 unspecified atom stereocenters. The molecule has 0 radical (unpaired) electrons. The maximum atomic E-state index is 14.2. The van der Waals surface area contributed by atoms with Gasteiger partial charge >= 0.3 is 0 Å². The van der Waals surface area contributed by atoms with Crippen molar-refractivity contribution >= 4 is 6.08 Å². The molecule has 0 amide bonds. The molecule has 2 rings (SSSR count). The molecule has 0 atom stereocenters. The summed E-state index contributed by atoms with van der Waals surface area (Å²) in [5.74, 6) is 0.453. The van der Waals surface area contributed by atoms with E-state index < -0.39 is 0 Å². The van der Waals surface area contributed by atoms with Gasteiger partial charge in [-0.2, -0.15) is 0 Å². The molecule has 104 valence electrons. The summed E-state index contributed by atoms with van der Waals surface area (Å²) in [6.45, 7) is 4.04. The van der Waals surface area contributed by atoms with E-state index in [0.717, 1.165) is 22.4 Å². The molecule has 2 nitrogen and oxygen atoms in total. The van der Waals surface area contributed by atoms with Crippen molar-refractivity contribution in [1.29, 1.82) is 0 Å². The zero-order valence-corrected chi connectivity index (χ0v) is 11.7. The Balaban J connectivity index is 2.53. The van der Waals surface area contributed by atoms with Crippen molar-refractivity contribution < 1.29 is 13.9 Å². The fraction of sp³-hybridized carbons (Fsp3) is 0.176. The smallest absolute Gasteiger partial charge is 0.131 e. The van der Waals surface area contributed by atoms with E-state index in [1.54, 1.807) is 26.4 Å². The molecule has 0 aliphatic carbocycles. The lowest BCUT2D eigenvalue weighted by Crippen LogP contribution is -1.96. The number of halogens is 1. The van der Waals surface area contributed by atoms with Gasteiger partial charge in [0.05, 0.1) is 13.7 Å². The van der Waals surface area contributed by atoms with E-state index in [1.807, 2.05) is 24.3 Å². The molecule has 0 N–H and O–H groups in total. The van der Waals surface area contributed by atoms with Crippen LogP contribution >= 0.6 is 0 Å². The Labute approximate surface area is 118 Å². The van der Waals surface area contributed by atoms with Crippen molar-refractivity contribution in [3.63, 3.8) is 0 Å². The lowest BCUT2D eigenvalue weighted by molar-refractivity contribution is 0.185. The van der Waals surface area contributed by atoms with Crippen LogP contribution in [0.15, 0.2) is 43.0 Å². The minimum atomic E-state index is -0.273. The molecule has 3 heteroatoms. The van der Waals surface area contributed by atoms with Crippen LogP contribution in [0.1, 0.15) is 11.1 Å². The summed E-state index contributed by atoms with van der Waals surface area (Å²) in [7, 11) is 3.21. The number of hydrogen-bond acceptors (Lipinski definition) is 2. The van der Waals surface area contributed by atoms with Crippen LogP contribution in [-0.4, -0.2) is 14.2 Å². The van der Waals surface area contributed by atoms with Gasteiger partial charge in [0.15, 0.2) is 0 Å². The Kier molecular flexibility index (Phi) is 4.53. The molecular weight excluding hydrogens is 255 g/mol. The number of methoxy groups -OCH3 is 2. The van der Waals surface area contributed by atoms with Gasteiger partial charge in [-0.25, -0.2) is 4.39 Å². The highest BCUT2D eigenvalue weighted by molar-refractivity contribution is 5.70. The van der Waals surface area contributed by atoms with Gasteiger partial charge in [-0.1, -0.05) is 30.9 Å². The largest absolute Gasteiger partial charge is 0.497 e. The second kappa shape index (κ2) is 6.35. The first kappa shape index (κ1) is 14.3. The molecule has 0 bridgehead atoms. The lowest BCUT2D eigenvalue weighted by Gasteiger charge is -2.12. The first-order valence-electron chi connectivity index (χ1n) is 6.27. The molecular formula is C17H17FO2. The normalized spacial score (nSPS) is 10.3. The van der Waals surface area contributed by atoms with Crippen molar-refractivity contribution in [2.45, 2.75) is 6.61 Å². The summed E-state index contributed by atoms with van der Waals surface area (Å²) in [4.78, 5) is 0. The average molecular weight is 272 g/mol. The van der Waals surface area contributed by atoms with Gasteiger partial charge in [-0.15, -0.1) is 0 Å². The van der Waals surface area contributed by atoms with Crippen LogP contribution < -0.4 is 4.74 Å². The topological polar surface area (TPSA) is 18.5 Å². The Morgan fingerprint density at radius 3 is 2.45 bits per heavy atom. The number of benzene rings is 2. The zero-order chi connectivity index (χ0) is 14.5. The van der Waals surface area contributed by atoms with Gasteiger partial charge in [0.25, 0.3) is 0 Å². The molecule has 0 heterocycles. The van der Waals surface area contributed by atoms with Crippen molar-refractivity contribution in [2.75, 3.05) is 14.2 Å². The highest BCUT2D eigenvalue weighted by Crippen LogP contribution is 2.30. The van der Waals surface area contributed by atoms with Gasteiger partial charge in [-0.05, 0) is 34.9 Å². The van der Waals surface area contributed by atoms with E-state index in [9.17, 15) is 4.39 Å². The summed E-state index contributed by atoms with van der Waals surface area (Å²) in [5, 5.41) is 0. The first-order valence-corrected chi connectivity index (χ1v) is 6.27. The summed E-state index contributed by atoms with van der Waals surface area (Å²) in [6.07, 6.45) is 1.62. The molecule has 0 saturated heterocycles. The minimum Gasteiger partial charge on any atom is -0.497 e. The van der Waals surface area contributed by atoms with E-state index in [1.165, 1.54) is 6.07 Å². The standard InChI is InChI=1S/C17H17FO2/c1-4-12-5-7-16(17(18)9-12)15-8-6-14(20-3)10-13(15)11-19-2/h4-10H,1,11H2,2-3H3. The third kappa shape index (κ3) is 2.89. The summed E-state index contributed by atoms with van der Waals surface area (Å²) < 4.78 is 24.6. The van der Waals surface area contributed by atoms with Crippen LogP contribution in [0.2, 0.25) is 0 Å².